The van der Waals surface area contributed by atoms with Gasteiger partial charge in [-0.15, -0.1) is 0 Å². The molecule has 1 atom stereocenters. The highest BCUT2D eigenvalue weighted by molar-refractivity contribution is 7.91. The molecule has 0 spiro atoms. The molecule has 5 heteroatoms. The van der Waals surface area contributed by atoms with E-state index in [-0.39, 0.29) is 12.4 Å². The normalized spacial score (nSPS) is 14.4. The molecule has 0 fully saturated rings. The van der Waals surface area contributed by atoms with Crippen LogP contribution in [0.1, 0.15) is 13.3 Å². The Morgan fingerprint density at radius 3 is 2.46 bits per heavy atom. The summed E-state index contributed by atoms with van der Waals surface area (Å²) in [6.07, 6.45) is 4.24. The molecule has 0 heterocycles. The van der Waals surface area contributed by atoms with Gasteiger partial charge in [0, 0.05) is 6.26 Å². The van der Waals surface area contributed by atoms with Gasteiger partial charge in [0.2, 0.25) is 0 Å². The number of esters is 1. The number of hydrogen-bond acceptors (Lipinski definition) is 4. The van der Waals surface area contributed by atoms with Gasteiger partial charge in [0.25, 0.3) is 0 Å². The average molecular weight is 206 g/mol. The van der Waals surface area contributed by atoms with Crippen LogP contribution in [0.3, 0.4) is 0 Å². The molecule has 0 aromatic carbocycles. The molecule has 0 aliphatic carbocycles. The van der Waals surface area contributed by atoms with Gasteiger partial charge in [0.15, 0.2) is 9.84 Å². The van der Waals surface area contributed by atoms with Gasteiger partial charge in [-0.1, -0.05) is 12.2 Å². The molecule has 0 bridgehead atoms. The van der Waals surface area contributed by atoms with Crippen molar-refractivity contribution in [3.05, 3.63) is 12.2 Å². The minimum Gasteiger partial charge on any atom is -0.469 e. The van der Waals surface area contributed by atoms with Crippen LogP contribution in [0.5, 0.6) is 0 Å². The molecule has 0 aliphatic heterocycles. The lowest BCUT2D eigenvalue weighted by Gasteiger charge is -2.01. The van der Waals surface area contributed by atoms with Crippen molar-refractivity contribution in [2.24, 2.45) is 0 Å². The summed E-state index contributed by atoms with van der Waals surface area (Å²) >= 11 is 0. The van der Waals surface area contributed by atoms with Gasteiger partial charge >= 0.3 is 5.97 Å². The highest BCUT2D eigenvalue weighted by atomic mass is 32.2. The van der Waals surface area contributed by atoms with Crippen LogP contribution in [0.4, 0.5) is 0 Å². The van der Waals surface area contributed by atoms with Crippen LogP contribution in [0.15, 0.2) is 12.2 Å². The van der Waals surface area contributed by atoms with E-state index in [1.54, 1.807) is 6.92 Å². The fourth-order valence-corrected chi connectivity index (χ4v) is 0.979. The van der Waals surface area contributed by atoms with Gasteiger partial charge in [-0.2, -0.15) is 0 Å². The maximum absolute atomic E-state index is 10.9. The number of rotatable bonds is 4. The largest absolute Gasteiger partial charge is 0.469 e. The zero-order chi connectivity index (χ0) is 10.5. The van der Waals surface area contributed by atoms with Gasteiger partial charge in [-0.25, -0.2) is 8.42 Å². The topological polar surface area (TPSA) is 60.4 Å². The van der Waals surface area contributed by atoms with Gasteiger partial charge < -0.3 is 4.74 Å². The smallest absolute Gasteiger partial charge is 0.309 e. The van der Waals surface area contributed by atoms with Crippen LogP contribution in [-0.2, 0) is 19.4 Å². The Hall–Kier alpha value is -0.840. The molecular weight excluding hydrogens is 192 g/mol. The van der Waals surface area contributed by atoms with Crippen molar-refractivity contribution in [1.82, 2.24) is 0 Å². The predicted molar refractivity (Wildman–Crippen MR) is 50.1 cm³/mol. The summed E-state index contributed by atoms with van der Waals surface area (Å²) in [6, 6.07) is 0. The SMILES string of the molecule is COC(=O)CC=CC(C)S(C)(=O)=O. The highest BCUT2D eigenvalue weighted by Gasteiger charge is 2.10. The molecule has 0 amide bonds. The van der Waals surface area contributed by atoms with E-state index in [4.69, 9.17) is 0 Å². The number of carbonyl (C=O) groups excluding carboxylic acids is 1. The first kappa shape index (κ1) is 12.2. The summed E-state index contributed by atoms with van der Waals surface area (Å²) in [7, 11) is -1.76. The summed E-state index contributed by atoms with van der Waals surface area (Å²) in [6.45, 7) is 1.56. The summed E-state index contributed by atoms with van der Waals surface area (Å²) in [5, 5.41) is -0.558. The second-order valence-corrected chi connectivity index (χ2v) is 5.15. The van der Waals surface area contributed by atoms with Gasteiger partial charge in [-0.05, 0) is 6.92 Å². The quantitative estimate of drug-likeness (QED) is 0.497. The van der Waals surface area contributed by atoms with E-state index >= 15 is 0 Å². The van der Waals surface area contributed by atoms with Crippen molar-refractivity contribution < 1.29 is 17.9 Å². The summed E-state index contributed by atoms with van der Waals surface area (Å²) in [5.74, 6) is -0.378. The molecule has 0 saturated heterocycles. The van der Waals surface area contributed by atoms with E-state index < -0.39 is 15.1 Å². The Morgan fingerprint density at radius 1 is 1.54 bits per heavy atom. The number of hydrogen-bond donors (Lipinski definition) is 0. The van der Waals surface area contributed by atoms with Gasteiger partial charge in [0.05, 0.1) is 18.8 Å². The monoisotopic (exact) mass is 206 g/mol. The maximum atomic E-state index is 10.9. The lowest BCUT2D eigenvalue weighted by Crippen LogP contribution is -2.12. The summed E-state index contributed by atoms with van der Waals surface area (Å²) < 4.78 is 26.2. The van der Waals surface area contributed by atoms with Crippen LogP contribution in [-0.4, -0.2) is 33.0 Å². The third kappa shape index (κ3) is 5.41. The highest BCUT2D eigenvalue weighted by Crippen LogP contribution is 2.00. The average Bonchev–Trinajstić information content (AvgIpc) is 2.02. The van der Waals surface area contributed by atoms with Crippen LogP contribution in [0.25, 0.3) is 0 Å². The van der Waals surface area contributed by atoms with Crippen LogP contribution >= 0.6 is 0 Å². The molecule has 13 heavy (non-hydrogen) atoms. The summed E-state index contributed by atoms with van der Waals surface area (Å²) in [5.41, 5.74) is 0. The van der Waals surface area contributed by atoms with Crippen molar-refractivity contribution in [3.8, 4) is 0 Å². The first-order valence-electron chi connectivity index (χ1n) is 3.80. The number of methoxy groups -OCH3 is 1. The van der Waals surface area contributed by atoms with Crippen molar-refractivity contribution in [2.45, 2.75) is 18.6 Å². The molecule has 0 aromatic rings. The molecule has 0 saturated carbocycles. The standard InChI is InChI=1S/C8H14O4S/c1-7(13(3,10)11)5-4-6-8(9)12-2/h4-5,7H,6H2,1-3H3. The van der Waals surface area contributed by atoms with Crippen LogP contribution < -0.4 is 0 Å². The molecule has 4 nitrogen and oxygen atoms in total. The lowest BCUT2D eigenvalue weighted by molar-refractivity contribution is -0.139. The molecule has 0 aromatic heterocycles. The fraction of sp³-hybridized carbons (Fsp3) is 0.625. The first-order chi connectivity index (χ1) is 5.88. The van der Waals surface area contributed by atoms with Gasteiger partial charge in [-0.3, -0.25) is 4.79 Å². The molecular formula is C8H14O4S. The van der Waals surface area contributed by atoms with Gasteiger partial charge in [0.1, 0.15) is 0 Å². The van der Waals surface area contributed by atoms with E-state index in [1.165, 1.54) is 19.3 Å². The molecule has 76 valence electrons. The number of ether oxygens (including phenoxy) is 1. The Balaban J connectivity index is 4.07. The Morgan fingerprint density at radius 2 is 2.08 bits per heavy atom. The minimum atomic E-state index is -3.05. The molecule has 1 unspecified atom stereocenters. The maximum Gasteiger partial charge on any atom is 0.309 e. The second kappa shape index (κ2) is 5.01. The van der Waals surface area contributed by atoms with E-state index in [1.807, 2.05) is 0 Å². The molecule has 0 N–H and O–H groups in total. The zero-order valence-electron chi connectivity index (χ0n) is 7.98. The number of carbonyl (C=O) groups is 1. The Bertz CT molecular complexity index is 289. The van der Waals surface area contributed by atoms with E-state index in [0.717, 1.165) is 6.26 Å². The van der Waals surface area contributed by atoms with E-state index in [0.29, 0.717) is 0 Å². The van der Waals surface area contributed by atoms with Crippen LogP contribution in [0, 0.1) is 0 Å². The molecule has 0 rings (SSSR count). The second-order valence-electron chi connectivity index (χ2n) is 2.74. The Labute approximate surface area is 78.5 Å². The van der Waals surface area contributed by atoms with Crippen molar-refractivity contribution >= 4 is 15.8 Å². The first-order valence-corrected chi connectivity index (χ1v) is 5.75. The summed E-state index contributed by atoms with van der Waals surface area (Å²) in [4.78, 5) is 10.6. The molecule has 0 aliphatic rings. The predicted octanol–water partition coefficient (Wildman–Crippen LogP) is 0.539. The number of sulfone groups is 1. The fourth-order valence-electron chi connectivity index (χ4n) is 0.582. The Kier molecular flexibility index (Phi) is 4.69. The van der Waals surface area contributed by atoms with E-state index in [9.17, 15) is 13.2 Å². The third-order valence-electron chi connectivity index (χ3n) is 1.59. The van der Waals surface area contributed by atoms with Crippen molar-refractivity contribution in [3.63, 3.8) is 0 Å². The molecule has 0 radical (unpaired) electrons. The van der Waals surface area contributed by atoms with Crippen molar-refractivity contribution in [2.75, 3.05) is 13.4 Å². The lowest BCUT2D eigenvalue weighted by atomic mass is 10.3. The minimum absolute atomic E-state index is 0.108. The van der Waals surface area contributed by atoms with E-state index in [2.05, 4.69) is 4.74 Å². The van der Waals surface area contributed by atoms with Crippen LogP contribution in [0.2, 0.25) is 0 Å². The third-order valence-corrected chi connectivity index (χ3v) is 3.10. The zero-order valence-corrected chi connectivity index (χ0v) is 8.80. The van der Waals surface area contributed by atoms with Crippen molar-refractivity contribution in [1.29, 1.82) is 0 Å².